The van der Waals surface area contributed by atoms with Gasteiger partial charge in [0.2, 0.25) is 0 Å². The van der Waals surface area contributed by atoms with Crippen molar-refractivity contribution in [3.63, 3.8) is 0 Å². The second kappa shape index (κ2) is 11.0. The summed E-state index contributed by atoms with van der Waals surface area (Å²) < 4.78 is 6.09. The molecular formula is C32H26IrN2O-2. The molecule has 0 N–H and O–H groups in total. The summed E-state index contributed by atoms with van der Waals surface area (Å²) in [6, 6.07) is 36.5. The van der Waals surface area contributed by atoms with Crippen LogP contribution in [0, 0.1) is 12.1 Å². The molecule has 6 aromatic rings. The molecule has 6 rings (SSSR count). The minimum Gasteiger partial charge on any atom is -0.501 e. The van der Waals surface area contributed by atoms with Crippen LogP contribution in [-0.2, 0) is 25.5 Å². The van der Waals surface area contributed by atoms with Crippen LogP contribution in [-0.4, -0.2) is 9.97 Å². The molecule has 3 heterocycles. The van der Waals surface area contributed by atoms with Crippen molar-refractivity contribution in [3.8, 4) is 22.5 Å². The Kier molecular flexibility index (Phi) is 7.78. The minimum absolute atomic E-state index is 0. The van der Waals surface area contributed by atoms with Crippen LogP contribution in [0.15, 0.2) is 108 Å². The quantitative estimate of drug-likeness (QED) is 0.178. The van der Waals surface area contributed by atoms with Crippen LogP contribution in [0.5, 0.6) is 0 Å². The Bertz CT molecular complexity index is 1530. The molecule has 0 aliphatic heterocycles. The van der Waals surface area contributed by atoms with E-state index >= 15 is 0 Å². The number of fused-ring (bicyclic) bond motifs is 3. The summed E-state index contributed by atoms with van der Waals surface area (Å²) in [5.41, 5.74) is 6.93. The number of nitrogens with zero attached hydrogens (tertiary/aromatic N) is 2. The fraction of sp³-hybridized carbons (Fsp3) is 0.125. The molecule has 0 saturated carbocycles. The number of hydrogen-bond donors (Lipinski definition) is 0. The van der Waals surface area contributed by atoms with E-state index in [2.05, 4.69) is 67.1 Å². The number of benzene rings is 3. The second-order valence-corrected chi connectivity index (χ2v) is 9.36. The van der Waals surface area contributed by atoms with Crippen LogP contribution in [0.3, 0.4) is 0 Å². The largest absolute Gasteiger partial charge is 0.501 e. The Labute approximate surface area is 225 Å². The van der Waals surface area contributed by atoms with Gasteiger partial charge in [-0.1, -0.05) is 68.1 Å². The summed E-state index contributed by atoms with van der Waals surface area (Å²) >= 11 is 0. The van der Waals surface area contributed by atoms with E-state index in [4.69, 9.17) is 4.42 Å². The summed E-state index contributed by atoms with van der Waals surface area (Å²) in [5.74, 6) is 0. The molecular weight excluding hydrogens is 621 g/mol. The van der Waals surface area contributed by atoms with E-state index in [1.165, 1.54) is 5.56 Å². The predicted octanol–water partition coefficient (Wildman–Crippen LogP) is 8.29. The number of hydrogen-bond acceptors (Lipinski definition) is 3. The molecule has 3 aromatic carbocycles. The number of para-hydroxylation sites is 1. The maximum atomic E-state index is 6.09. The molecule has 36 heavy (non-hydrogen) atoms. The Morgan fingerprint density at radius 2 is 1.47 bits per heavy atom. The standard InChI is InChI=1S/C21H18NO.C11H8N.Ir/c1-21(2,3)14-11-12-22-18(13-14)17-9-6-8-16-15-7-4-5-10-19(15)23-20(16)17;1-2-6-10(7-3-1)11-8-4-5-9-12-11;/h4-8,10-13H,1-3H3;1-6,8-9H;/q2*-1;. The normalized spacial score (nSPS) is 11.0. The van der Waals surface area contributed by atoms with Crippen LogP contribution < -0.4 is 0 Å². The number of rotatable bonds is 2. The van der Waals surface area contributed by atoms with Crippen molar-refractivity contribution in [2.75, 3.05) is 0 Å². The number of pyridine rings is 2. The van der Waals surface area contributed by atoms with Crippen molar-refractivity contribution in [2.24, 2.45) is 0 Å². The Hall–Kier alpha value is -3.59. The van der Waals surface area contributed by atoms with Gasteiger partial charge in [-0.05, 0) is 40.6 Å². The van der Waals surface area contributed by atoms with Crippen molar-refractivity contribution in [1.82, 2.24) is 9.97 Å². The van der Waals surface area contributed by atoms with Crippen LogP contribution in [0.1, 0.15) is 26.3 Å². The van der Waals surface area contributed by atoms with E-state index in [1.807, 2.05) is 72.9 Å². The molecule has 181 valence electrons. The SMILES string of the molecule is CC(C)(C)c1ccnc(-c2[c-]ccc3c2oc2ccccc23)c1.[Ir].[c-]1ccccc1-c1ccccn1. The van der Waals surface area contributed by atoms with E-state index in [0.29, 0.717) is 0 Å². The van der Waals surface area contributed by atoms with Crippen LogP contribution in [0.25, 0.3) is 44.5 Å². The number of furan rings is 1. The zero-order valence-electron chi connectivity index (χ0n) is 20.5. The first kappa shape index (κ1) is 25.5. The molecule has 0 fully saturated rings. The molecule has 3 aromatic heterocycles. The summed E-state index contributed by atoms with van der Waals surface area (Å²) in [5, 5.41) is 2.24. The van der Waals surface area contributed by atoms with Gasteiger partial charge in [-0.2, -0.15) is 0 Å². The first-order chi connectivity index (χ1) is 17.0. The van der Waals surface area contributed by atoms with E-state index in [0.717, 1.165) is 44.5 Å². The molecule has 0 aliphatic carbocycles. The van der Waals surface area contributed by atoms with Gasteiger partial charge in [0.15, 0.2) is 0 Å². The molecule has 1 radical (unpaired) electrons. The summed E-state index contributed by atoms with van der Waals surface area (Å²) in [4.78, 5) is 8.77. The third-order valence-electron chi connectivity index (χ3n) is 5.87. The van der Waals surface area contributed by atoms with Crippen molar-refractivity contribution in [1.29, 1.82) is 0 Å². The molecule has 0 unspecified atom stereocenters. The fourth-order valence-corrected chi connectivity index (χ4v) is 3.99. The molecule has 0 spiro atoms. The van der Waals surface area contributed by atoms with Gasteiger partial charge in [-0.25, -0.2) is 0 Å². The molecule has 0 bridgehead atoms. The fourth-order valence-electron chi connectivity index (χ4n) is 3.99. The van der Waals surface area contributed by atoms with Crippen LogP contribution in [0.4, 0.5) is 0 Å². The van der Waals surface area contributed by atoms with E-state index < -0.39 is 0 Å². The van der Waals surface area contributed by atoms with Crippen molar-refractivity contribution >= 4 is 21.9 Å². The summed E-state index contributed by atoms with van der Waals surface area (Å²) in [7, 11) is 0. The van der Waals surface area contributed by atoms with Gasteiger partial charge in [-0.15, -0.1) is 54.1 Å². The molecule has 0 amide bonds. The summed E-state index contributed by atoms with van der Waals surface area (Å²) in [6.07, 6.45) is 3.65. The second-order valence-electron chi connectivity index (χ2n) is 9.36. The van der Waals surface area contributed by atoms with E-state index in [-0.39, 0.29) is 25.5 Å². The Morgan fingerprint density at radius 1 is 0.694 bits per heavy atom. The average Bonchev–Trinajstić information content (AvgIpc) is 3.29. The smallest absolute Gasteiger partial charge is 0.120 e. The average molecular weight is 647 g/mol. The molecule has 3 nitrogen and oxygen atoms in total. The van der Waals surface area contributed by atoms with Crippen molar-refractivity contribution in [3.05, 3.63) is 121 Å². The van der Waals surface area contributed by atoms with Gasteiger partial charge in [0.1, 0.15) is 5.58 Å². The zero-order valence-corrected chi connectivity index (χ0v) is 22.8. The molecule has 0 saturated heterocycles. The van der Waals surface area contributed by atoms with Gasteiger partial charge in [0.25, 0.3) is 0 Å². The molecule has 0 aliphatic rings. The van der Waals surface area contributed by atoms with Gasteiger partial charge in [0.05, 0.1) is 5.58 Å². The molecule has 0 atom stereocenters. The maximum Gasteiger partial charge on any atom is 0.120 e. The first-order valence-electron chi connectivity index (χ1n) is 11.7. The van der Waals surface area contributed by atoms with E-state index in [1.54, 1.807) is 6.20 Å². The summed E-state index contributed by atoms with van der Waals surface area (Å²) in [6.45, 7) is 6.62. The third-order valence-corrected chi connectivity index (χ3v) is 5.87. The van der Waals surface area contributed by atoms with E-state index in [9.17, 15) is 0 Å². The zero-order chi connectivity index (χ0) is 24.3. The monoisotopic (exact) mass is 647 g/mol. The number of aromatic nitrogens is 2. The Balaban J connectivity index is 0.000000198. The third kappa shape index (κ3) is 5.46. The topological polar surface area (TPSA) is 38.9 Å². The van der Waals surface area contributed by atoms with Crippen molar-refractivity contribution in [2.45, 2.75) is 26.2 Å². The maximum absolute atomic E-state index is 6.09. The first-order valence-corrected chi connectivity index (χ1v) is 11.7. The van der Waals surface area contributed by atoms with Gasteiger partial charge in [0, 0.05) is 37.9 Å². The molecule has 4 heteroatoms. The Morgan fingerprint density at radius 3 is 2.22 bits per heavy atom. The van der Waals surface area contributed by atoms with Gasteiger partial charge in [-0.3, -0.25) is 0 Å². The predicted molar refractivity (Wildman–Crippen MR) is 143 cm³/mol. The van der Waals surface area contributed by atoms with Crippen LogP contribution >= 0.6 is 0 Å². The van der Waals surface area contributed by atoms with Gasteiger partial charge < -0.3 is 14.4 Å². The van der Waals surface area contributed by atoms with Crippen molar-refractivity contribution < 1.29 is 24.5 Å². The van der Waals surface area contributed by atoms with Crippen LogP contribution in [0.2, 0.25) is 0 Å². The minimum atomic E-state index is 0. The van der Waals surface area contributed by atoms with Gasteiger partial charge >= 0.3 is 0 Å².